The second-order valence-corrected chi connectivity index (χ2v) is 18.5. The van der Waals surface area contributed by atoms with E-state index in [1.165, 1.54) is 30.5 Å². The molecule has 2 amide bonds. The van der Waals surface area contributed by atoms with Crippen molar-refractivity contribution >= 4 is 64.2 Å². The normalized spacial score (nSPS) is 19.3. The summed E-state index contributed by atoms with van der Waals surface area (Å²) in [6.07, 6.45) is 14.0. The van der Waals surface area contributed by atoms with Crippen molar-refractivity contribution in [1.29, 1.82) is 5.26 Å². The molecule has 3 aromatic heterocycles. The van der Waals surface area contributed by atoms with Gasteiger partial charge < -0.3 is 20.3 Å². The predicted octanol–water partition coefficient (Wildman–Crippen LogP) is 7.94. The van der Waals surface area contributed by atoms with Gasteiger partial charge in [0, 0.05) is 109 Å². The number of nitrogens with zero attached hydrogens (tertiary/aromatic N) is 9. The van der Waals surface area contributed by atoms with Gasteiger partial charge in [0.15, 0.2) is 11.5 Å². The van der Waals surface area contributed by atoms with Crippen molar-refractivity contribution in [3.8, 4) is 23.1 Å². The predicted molar refractivity (Wildman–Crippen MR) is 253 cm³/mol. The van der Waals surface area contributed by atoms with Gasteiger partial charge in [0.1, 0.15) is 11.8 Å². The van der Waals surface area contributed by atoms with Crippen LogP contribution in [0, 0.1) is 22.7 Å². The number of aromatic nitrogens is 5. The molecule has 2 aliphatic carbocycles. The summed E-state index contributed by atoms with van der Waals surface area (Å²) >= 11 is 7.60. The second kappa shape index (κ2) is 19.8. The van der Waals surface area contributed by atoms with E-state index in [9.17, 15) is 9.59 Å². The number of rotatable bonds is 13. The highest BCUT2D eigenvalue weighted by atomic mass is 35.5. The van der Waals surface area contributed by atoms with Crippen molar-refractivity contribution < 1.29 is 14.3 Å². The first-order valence-electron chi connectivity index (χ1n) is 22.2. The third-order valence-corrected chi connectivity index (χ3v) is 14.2. The van der Waals surface area contributed by atoms with Gasteiger partial charge >= 0.3 is 0 Å². The van der Waals surface area contributed by atoms with Gasteiger partial charge in [-0.2, -0.15) is 10.4 Å². The lowest BCUT2D eigenvalue weighted by Crippen LogP contribution is -2.62. The number of pyridine rings is 1. The van der Waals surface area contributed by atoms with Gasteiger partial charge in [-0.15, -0.1) is 10.2 Å². The number of halogens is 1. The van der Waals surface area contributed by atoms with Crippen molar-refractivity contribution in [2.24, 2.45) is 29.1 Å². The number of carbonyl (C=O) groups excluding carboxylic acids is 2. The number of nitrogens with two attached hydrogens (primary N) is 1. The molecule has 2 aromatic carbocycles. The molecule has 16 heteroatoms. The topological polar surface area (TPSA) is 181 Å². The summed E-state index contributed by atoms with van der Waals surface area (Å²) in [5.41, 5.74) is 12.8. The fourth-order valence-electron chi connectivity index (χ4n) is 9.55. The highest BCUT2D eigenvalue weighted by Gasteiger charge is 2.52. The molecule has 14 nitrogen and oxygen atoms in total. The van der Waals surface area contributed by atoms with E-state index in [2.05, 4.69) is 38.0 Å². The summed E-state index contributed by atoms with van der Waals surface area (Å²) in [4.78, 5) is 38.0. The van der Waals surface area contributed by atoms with Crippen molar-refractivity contribution in [3.63, 3.8) is 0 Å². The van der Waals surface area contributed by atoms with Gasteiger partial charge in [-0.1, -0.05) is 43.6 Å². The number of anilines is 1. The number of amides is 2. The van der Waals surface area contributed by atoms with Crippen LogP contribution < -0.4 is 20.1 Å². The molecular formula is C48H54ClN11O3S. The highest BCUT2D eigenvalue weighted by molar-refractivity contribution is 7.98. The Hall–Kier alpha value is -5.98. The number of nitrogens with one attached hydrogen (secondary N) is 1. The third kappa shape index (κ3) is 9.58. The molecule has 2 aliphatic heterocycles. The number of hydrogen-bond donors (Lipinski definition) is 2. The van der Waals surface area contributed by atoms with Crippen molar-refractivity contribution in [3.05, 3.63) is 100 Å². The van der Waals surface area contributed by atoms with Gasteiger partial charge in [-0.3, -0.25) is 29.0 Å². The maximum absolute atomic E-state index is 12.9. The van der Waals surface area contributed by atoms with Crippen molar-refractivity contribution in [1.82, 2.24) is 34.6 Å². The SMILES string of the molecule is CC.Cn1nc(-c2cccc3cc(/C(C=NCCC4CC5(C4)CN(c4ccc(C(=O)NSC6CCC(Oc7ccc(C#N)c(Cl)c7)CC6)nn4)C5)=C/N)ncc23)c2c1CCN(C=O)C2. The molecule has 1 spiro atoms. The Labute approximate surface area is 383 Å². The molecule has 5 aromatic rings. The molecule has 0 atom stereocenters. The number of aliphatic imine (C=N–C) groups is 1. The molecule has 1 saturated heterocycles. The minimum atomic E-state index is -0.241. The number of hydrogen-bond acceptors (Lipinski definition) is 12. The molecule has 5 heterocycles. The maximum atomic E-state index is 12.9. The lowest BCUT2D eigenvalue weighted by molar-refractivity contribution is -0.118. The van der Waals surface area contributed by atoms with E-state index < -0.39 is 0 Å². The van der Waals surface area contributed by atoms with Gasteiger partial charge in [0.05, 0.1) is 28.1 Å². The first-order valence-corrected chi connectivity index (χ1v) is 23.4. The Morgan fingerprint density at radius 3 is 2.62 bits per heavy atom. The Kier molecular flexibility index (Phi) is 13.8. The van der Waals surface area contributed by atoms with Gasteiger partial charge in [0.2, 0.25) is 6.41 Å². The van der Waals surface area contributed by atoms with E-state index in [0.717, 1.165) is 109 Å². The van der Waals surface area contributed by atoms with Gasteiger partial charge in [-0.25, -0.2) is 0 Å². The van der Waals surface area contributed by atoms with Crippen LogP contribution in [0.25, 0.3) is 27.6 Å². The smallest absolute Gasteiger partial charge is 0.281 e. The molecular weight excluding hydrogens is 846 g/mol. The fraction of sp³-hybridized carbons (Fsp3) is 0.417. The zero-order valence-electron chi connectivity index (χ0n) is 36.5. The van der Waals surface area contributed by atoms with Crippen molar-refractivity contribution in [2.45, 2.75) is 83.1 Å². The number of fused-ring (bicyclic) bond motifs is 2. The lowest BCUT2D eigenvalue weighted by Gasteiger charge is -2.59. The van der Waals surface area contributed by atoms with E-state index in [0.29, 0.717) is 46.5 Å². The van der Waals surface area contributed by atoms with Crippen molar-refractivity contribution in [2.75, 3.05) is 31.1 Å². The molecule has 0 radical (unpaired) electrons. The first-order chi connectivity index (χ1) is 31.2. The number of benzene rings is 2. The summed E-state index contributed by atoms with van der Waals surface area (Å²) in [6, 6.07) is 19.1. The van der Waals surface area contributed by atoms with Crippen LogP contribution in [0.3, 0.4) is 0 Å². The average Bonchev–Trinajstić information content (AvgIpc) is 3.63. The third-order valence-electron chi connectivity index (χ3n) is 12.8. The van der Waals surface area contributed by atoms with Gasteiger partial charge in [-0.05, 0) is 98.5 Å². The maximum Gasteiger partial charge on any atom is 0.281 e. The summed E-state index contributed by atoms with van der Waals surface area (Å²) in [7, 11) is 1.97. The first kappa shape index (κ1) is 44.6. The molecule has 3 fully saturated rings. The second-order valence-electron chi connectivity index (χ2n) is 17.0. The van der Waals surface area contributed by atoms with Crippen LogP contribution in [0.1, 0.15) is 91.8 Å². The van der Waals surface area contributed by atoms with E-state index in [4.69, 9.17) is 42.4 Å². The summed E-state index contributed by atoms with van der Waals surface area (Å²) in [6.45, 7) is 7.87. The minimum absolute atomic E-state index is 0.0744. The molecule has 0 unspecified atom stereocenters. The summed E-state index contributed by atoms with van der Waals surface area (Å²) < 4.78 is 11.0. The van der Waals surface area contributed by atoms with E-state index in [1.54, 1.807) is 35.4 Å². The van der Waals surface area contributed by atoms with Gasteiger partial charge in [0.25, 0.3) is 5.91 Å². The Bertz CT molecular complexity index is 2590. The molecule has 0 bridgehead atoms. The van der Waals surface area contributed by atoms with Crippen LogP contribution in [0.15, 0.2) is 72.0 Å². The van der Waals surface area contributed by atoms with Crippen LogP contribution in [-0.2, 0) is 24.8 Å². The largest absolute Gasteiger partial charge is 0.490 e. The number of allylic oxidation sites excluding steroid dienone is 1. The molecule has 3 N–H and O–H groups in total. The number of aryl methyl sites for hydroxylation is 1. The Morgan fingerprint density at radius 1 is 1.09 bits per heavy atom. The number of carbonyl (C=O) groups is 2. The summed E-state index contributed by atoms with van der Waals surface area (Å²) in [5.74, 6) is 1.86. The highest BCUT2D eigenvalue weighted by Crippen LogP contribution is 2.53. The lowest BCUT2D eigenvalue weighted by atomic mass is 9.57. The van der Waals surface area contributed by atoms with E-state index >= 15 is 0 Å². The van der Waals surface area contributed by atoms with Crippen LogP contribution in [0.5, 0.6) is 5.75 Å². The van der Waals surface area contributed by atoms with Crippen LogP contribution >= 0.6 is 23.5 Å². The fourth-order valence-corrected chi connectivity index (χ4v) is 10.6. The number of ether oxygens (including phenoxy) is 1. The molecule has 4 aliphatic rings. The zero-order chi connectivity index (χ0) is 44.8. The van der Waals surface area contributed by atoms with Crippen LogP contribution in [-0.4, -0.2) is 85.9 Å². The minimum Gasteiger partial charge on any atom is -0.490 e. The van der Waals surface area contributed by atoms with Crippen LogP contribution in [0.2, 0.25) is 5.02 Å². The standard InChI is InChI=1S/C46H48ClN11O3S.C2H6/c1-56-42-14-16-57(28-59)25-38(42)44(54-56)36-4-2-3-30-17-41(51-24-37(30)36)32(22-49)23-50-15-13-29-19-46(20-29)26-58(27-46)43-12-11-40(52-53-43)45(60)55-62-35-9-7-33(8-10-35)61-34-6-5-31(21-48)39(47)18-34;1-2/h2-6,11-12,17-18,22-24,28-29,33,35H,7-10,13-16,19-20,25-27,49H2,1H3,(H,55,60);1-2H3/b32-22+,50-23?;. The quantitative estimate of drug-likeness (QED) is 0.0666. The summed E-state index contributed by atoms with van der Waals surface area (Å²) in [5, 5.41) is 25.3. The average molecular weight is 901 g/mol. The Balaban J connectivity index is 0.00000276. The zero-order valence-corrected chi connectivity index (χ0v) is 38.1. The van der Waals surface area contributed by atoms with E-state index in [1.807, 2.05) is 56.2 Å². The molecule has 332 valence electrons. The Morgan fingerprint density at radius 2 is 1.91 bits per heavy atom. The van der Waals surface area contributed by atoms with E-state index in [-0.39, 0.29) is 17.3 Å². The van der Waals surface area contributed by atoms with Crippen LogP contribution in [0.4, 0.5) is 5.82 Å². The molecule has 2 saturated carbocycles. The molecule has 64 heavy (non-hydrogen) atoms. The monoisotopic (exact) mass is 899 g/mol. The molecule has 9 rings (SSSR count). The number of nitriles is 1.